The van der Waals surface area contributed by atoms with Gasteiger partial charge in [-0.1, -0.05) is 29.3 Å². The van der Waals surface area contributed by atoms with Gasteiger partial charge in [-0.05, 0) is 25.5 Å². The molecule has 0 heterocycles. The first-order valence-electron chi connectivity index (χ1n) is 6.50. The van der Waals surface area contributed by atoms with E-state index in [1.807, 2.05) is 6.92 Å². The van der Waals surface area contributed by atoms with Crippen molar-refractivity contribution < 1.29 is 14.6 Å². The molecule has 0 spiro atoms. The maximum absolute atomic E-state index is 12.0. The molecule has 21 heavy (non-hydrogen) atoms. The van der Waals surface area contributed by atoms with Crippen molar-refractivity contribution >= 4 is 34.8 Å². The van der Waals surface area contributed by atoms with Crippen molar-refractivity contribution in [3.8, 4) is 0 Å². The van der Waals surface area contributed by atoms with Crippen LogP contribution in [0.3, 0.4) is 0 Å². The highest BCUT2D eigenvalue weighted by atomic mass is 35.5. The minimum absolute atomic E-state index is 0.00478. The number of benzene rings is 1. The molecule has 1 rings (SSSR count). The molecule has 0 aliphatic rings. The summed E-state index contributed by atoms with van der Waals surface area (Å²) in [7, 11) is 1.57. The fourth-order valence-corrected chi connectivity index (χ4v) is 2.36. The molecule has 1 amide bonds. The first-order chi connectivity index (χ1) is 9.91. The Hall–Kier alpha value is -0.850. The molecule has 0 saturated carbocycles. The minimum atomic E-state index is -0.481. The van der Waals surface area contributed by atoms with Crippen LogP contribution >= 0.6 is 23.2 Å². The van der Waals surface area contributed by atoms with Crippen molar-refractivity contribution in [2.24, 2.45) is 0 Å². The maximum atomic E-state index is 12.0. The van der Waals surface area contributed by atoms with Crippen LogP contribution in [0.1, 0.15) is 13.3 Å². The van der Waals surface area contributed by atoms with Gasteiger partial charge in [0.25, 0.3) is 0 Å². The van der Waals surface area contributed by atoms with Crippen molar-refractivity contribution in [2.75, 3.05) is 32.2 Å². The Morgan fingerprint density at radius 1 is 1.38 bits per heavy atom. The van der Waals surface area contributed by atoms with E-state index in [2.05, 4.69) is 10.6 Å². The van der Waals surface area contributed by atoms with Crippen LogP contribution in [0.2, 0.25) is 10.0 Å². The molecule has 0 aliphatic heterocycles. The molecule has 7 heteroatoms. The summed E-state index contributed by atoms with van der Waals surface area (Å²) in [5, 5.41) is 15.6. The van der Waals surface area contributed by atoms with E-state index in [-0.39, 0.29) is 19.1 Å². The number of aliphatic hydroxyl groups excluding tert-OH is 1. The highest BCUT2D eigenvalue weighted by Crippen LogP contribution is 2.29. The van der Waals surface area contributed by atoms with E-state index in [1.165, 1.54) is 0 Å². The van der Waals surface area contributed by atoms with Crippen LogP contribution in [-0.2, 0) is 9.53 Å². The summed E-state index contributed by atoms with van der Waals surface area (Å²) in [6.07, 6.45) is 0.473. The Bertz CT molecular complexity index is 457. The molecule has 0 saturated heterocycles. The van der Waals surface area contributed by atoms with Gasteiger partial charge in [-0.2, -0.15) is 0 Å². The number of hydrogen-bond donors (Lipinski definition) is 3. The number of anilines is 1. The quantitative estimate of drug-likeness (QED) is 0.682. The molecule has 0 aromatic heterocycles. The summed E-state index contributed by atoms with van der Waals surface area (Å²) in [4.78, 5) is 12.0. The van der Waals surface area contributed by atoms with Crippen molar-refractivity contribution in [3.63, 3.8) is 0 Å². The molecule has 1 unspecified atom stereocenters. The summed E-state index contributed by atoms with van der Waals surface area (Å²) in [5.74, 6) is -0.273. The summed E-state index contributed by atoms with van der Waals surface area (Å²) in [6.45, 7) is 2.32. The van der Waals surface area contributed by atoms with Crippen LogP contribution in [0.15, 0.2) is 18.2 Å². The molecule has 0 aliphatic carbocycles. The number of ether oxygens (including phenoxy) is 1. The minimum Gasteiger partial charge on any atom is -0.396 e. The highest BCUT2D eigenvalue weighted by molar-refractivity contribution is 6.39. The number of carbonyl (C=O) groups is 1. The van der Waals surface area contributed by atoms with Gasteiger partial charge in [0, 0.05) is 19.3 Å². The van der Waals surface area contributed by atoms with Crippen LogP contribution in [0.4, 0.5) is 5.69 Å². The SMILES string of the molecule is COCC(C)(CCO)NCC(=O)Nc1c(Cl)cccc1Cl. The van der Waals surface area contributed by atoms with Crippen LogP contribution < -0.4 is 10.6 Å². The van der Waals surface area contributed by atoms with Gasteiger partial charge in [0.1, 0.15) is 0 Å². The Balaban J connectivity index is 2.61. The maximum Gasteiger partial charge on any atom is 0.238 e. The van der Waals surface area contributed by atoms with E-state index >= 15 is 0 Å². The van der Waals surface area contributed by atoms with E-state index < -0.39 is 5.54 Å². The zero-order valence-electron chi connectivity index (χ0n) is 12.1. The number of nitrogens with one attached hydrogen (secondary N) is 2. The van der Waals surface area contributed by atoms with Crippen molar-refractivity contribution in [1.29, 1.82) is 0 Å². The van der Waals surface area contributed by atoms with Crippen molar-refractivity contribution in [1.82, 2.24) is 5.32 Å². The van der Waals surface area contributed by atoms with Gasteiger partial charge in [0.15, 0.2) is 0 Å². The normalized spacial score (nSPS) is 13.8. The Morgan fingerprint density at radius 2 is 2.00 bits per heavy atom. The predicted octanol–water partition coefficient (Wildman–Crippen LogP) is 2.31. The van der Waals surface area contributed by atoms with Gasteiger partial charge in [0.05, 0.1) is 28.9 Å². The molecule has 3 N–H and O–H groups in total. The number of carbonyl (C=O) groups excluding carboxylic acids is 1. The second kappa shape index (κ2) is 8.56. The second-order valence-electron chi connectivity index (χ2n) is 4.97. The number of methoxy groups -OCH3 is 1. The lowest BCUT2D eigenvalue weighted by atomic mass is 9.99. The van der Waals surface area contributed by atoms with Crippen molar-refractivity contribution in [2.45, 2.75) is 18.9 Å². The topological polar surface area (TPSA) is 70.6 Å². The number of para-hydroxylation sites is 1. The van der Waals surface area contributed by atoms with E-state index in [1.54, 1.807) is 25.3 Å². The second-order valence-corrected chi connectivity index (χ2v) is 5.78. The standard InChI is InChI=1S/C14H20Cl2N2O3/c1-14(6-7-19,9-21-2)17-8-12(20)18-13-10(15)4-3-5-11(13)16/h3-5,17,19H,6-9H2,1-2H3,(H,18,20). The largest absolute Gasteiger partial charge is 0.396 e. The number of hydrogen-bond acceptors (Lipinski definition) is 4. The molecule has 118 valence electrons. The Kier molecular flexibility index (Phi) is 7.42. The van der Waals surface area contributed by atoms with Crippen LogP contribution in [-0.4, -0.2) is 43.4 Å². The van der Waals surface area contributed by atoms with Crippen LogP contribution in [0.5, 0.6) is 0 Å². The highest BCUT2D eigenvalue weighted by Gasteiger charge is 2.24. The molecule has 1 aromatic rings. The third-order valence-electron chi connectivity index (χ3n) is 3.03. The Labute approximate surface area is 134 Å². The summed E-state index contributed by atoms with van der Waals surface area (Å²) in [5.41, 5.74) is -0.0891. The van der Waals surface area contributed by atoms with Crippen LogP contribution in [0.25, 0.3) is 0 Å². The first-order valence-corrected chi connectivity index (χ1v) is 7.26. The third kappa shape index (κ3) is 5.80. The predicted molar refractivity (Wildman–Crippen MR) is 85.1 cm³/mol. The molecule has 0 fully saturated rings. The van der Waals surface area contributed by atoms with E-state index in [9.17, 15) is 4.79 Å². The smallest absolute Gasteiger partial charge is 0.238 e. The molecular formula is C14H20Cl2N2O3. The molecule has 1 atom stereocenters. The zero-order chi connectivity index (χ0) is 15.9. The van der Waals surface area contributed by atoms with E-state index in [0.29, 0.717) is 28.8 Å². The van der Waals surface area contributed by atoms with Gasteiger partial charge >= 0.3 is 0 Å². The summed E-state index contributed by atoms with van der Waals surface area (Å²) < 4.78 is 5.10. The van der Waals surface area contributed by atoms with Gasteiger partial charge in [-0.15, -0.1) is 0 Å². The van der Waals surface area contributed by atoms with E-state index in [4.69, 9.17) is 33.0 Å². The fourth-order valence-electron chi connectivity index (χ4n) is 1.87. The molecule has 5 nitrogen and oxygen atoms in total. The average molecular weight is 335 g/mol. The molecular weight excluding hydrogens is 315 g/mol. The number of halogens is 2. The lowest BCUT2D eigenvalue weighted by molar-refractivity contribution is -0.115. The number of rotatable bonds is 8. The first kappa shape index (κ1) is 18.2. The van der Waals surface area contributed by atoms with Gasteiger partial charge in [-0.3, -0.25) is 4.79 Å². The Morgan fingerprint density at radius 3 is 2.52 bits per heavy atom. The van der Waals surface area contributed by atoms with Gasteiger partial charge < -0.3 is 20.5 Å². The molecule has 1 aromatic carbocycles. The van der Waals surface area contributed by atoms with Crippen LogP contribution in [0, 0.1) is 0 Å². The third-order valence-corrected chi connectivity index (χ3v) is 3.66. The van der Waals surface area contributed by atoms with E-state index in [0.717, 1.165) is 0 Å². The monoisotopic (exact) mass is 334 g/mol. The van der Waals surface area contributed by atoms with Gasteiger partial charge in [-0.25, -0.2) is 0 Å². The number of aliphatic hydroxyl groups is 1. The lowest BCUT2D eigenvalue weighted by Gasteiger charge is -2.29. The summed E-state index contributed by atoms with van der Waals surface area (Å²) >= 11 is 12.0. The fraction of sp³-hybridized carbons (Fsp3) is 0.500. The zero-order valence-corrected chi connectivity index (χ0v) is 13.6. The average Bonchev–Trinajstić information content (AvgIpc) is 2.42. The molecule has 0 bridgehead atoms. The molecule has 0 radical (unpaired) electrons. The lowest BCUT2D eigenvalue weighted by Crippen LogP contribution is -2.49. The van der Waals surface area contributed by atoms with Crippen molar-refractivity contribution in [3.05, 3.63) is 28.2 Å². The van der Waals surface area contributed by atoms with Gasteiger partial charge in [0.2, 0.25) is 5.91 Å². The number of amides is 1. The summed E-state index contributed by atoms with van der Waals surface area (Å²) in [6, 6.07) is 5.00.